The van der Waals surface area contributed by atoms with Gasteiger partial charge in [0, 0.05) is 30.6 Å². The van der Waals surface area contributed by atoms with E-state index in [1.807, 2.05) is 0 Å². The van der Waals surface area contributed by atoms with Gasteiger partial charge in [-0.2, -0.15) is 0 Å². The third-order valence-corrected chi connectivity index (χ3v) is 6.43. The summed E-state index contributed by atoms with van der Waals surface area (Å²) in [6, 6.07) is 4.55. The van der Waals surface area contributed by atoms with Gasteiger partial charge in [0.05, 0.1) is 16.5 Å². The summed E-state index contributed by atoms with van der Waals surface area (Å²) in [5, 5.41) is 5.45. The normalized spacial score (nSPS) is 17.1. The Bertz CT molecular complexity index is 862. The Morgan fingerprint density at radius 2 is 1.67 bits per heavy atom. The van der Waals surface area contributed by atoms with Crippen molar-refractivity contribution in [2.75, 3.05) is 19.0 Å². The lowest BCUT2D eigenvalue weighted by Gasteiger charge is -2.29. The average Bonchev–Trinajstić information content (AvgIpc) is 3.01. The summed E-state index contributed by atoms with van der Waals surface area (Å²) in [5.74, 6) is -0.924. The molecule has 1 heterocycles. The molecule has 7 nitrogen and oxygen atoms in total. The van der Waals surface area contributed by atoms with Crippen LogP contribution in [0.4, 0.5) is 0 Å². The minimum absolute atomic E-state index is 0.0516. The summed E-state index contributed by atoms with van der Waals surface area (Å²) in [7, 11) is 0. The van der Waals surface area contributed by atoms with E-state index in [1.165, 1.54) is 11.0 Å². The van der Waals surface area contributed by atoms with Crippen molar-refractivity contribution in [3.8, 4) is 0 Å². The van der Waals surface area contributed by atoms with E-state index in [0.29, 0.717) is 11.1 Å². The third kappa shape index (κ3) is 4.51. The second-order valence-corrected chi connectivity index (χ2v) is 8.83. The second kappa shape index (κ2) is 9.16. The minimum Gasteiger partial charge on any atom is -0.354 e. The Morgan fingerprint density at radius 1 is 1.03 bits per heavy atom. The molecule has 0 unspecified atom stereocenters. The molecule has 1 aromatic rings. The first-order valence-corrected chi connectivity index (χ1v) is 10.9. The van der Waals surface area contributed by atoms with Gasteiger partial charge in [-0.1, -0.05) is 19.3 Å². The largest absolute Gasteiger partial charge is 0.354 e. The van der Waals surface area contributed by atoms with Gasteiger partial charge >= 0.3 is 0 Å². The van der Waals surface area contributed by atoms with E-state index in [-0.39, 0.29) is 54.2 Å². The van der Waals surface area contributed by atoms with Crippen molar-refractivity contribution < 1.29 is 19.2 Å². The van der Waals surface area contributed by atoms with E-state index in [4.69, 9.17) is 11.6 Å². The lowest BCUT2D eigenvalue weighted by atomic mass is 9.94. The van der Waals surface area contributed by atoms with Crippen molar-refractivity contribution in [1.29, 1.82) is 0 Å². The van der Waals surface area contributed by atoms with Gasteiger partial charge in [-0.3, -0.25) is 24.1 Å². The Morgan fingerprint density at radius 3 is 2.33 bits per heavy atom. The van der Waals surface area contributed by atoms with Gasteiger partial charge in [-0.05, 0) is 44.9 Å². The maximum Gasteiger partial charge on any atom is 0.261 e. The molecule has 2 N–H and O–H groups in total. The first kappa shape index (κ1) is 22.3. The van der Waals surface area contributed by atoms with Crippen LogP contribution in [0.3, 0.4) is 0 Å². The molecule has 2 aliphatic rings. The Hall–Kier alpha value is -2.41. The molecule has 8 heteroatoms. The molecule has 1 aliphatic carbocycles. The molecule has 3 rings (SSSR count). The molecule has 162 valence electrons. The third-order valence-electron chi connectivity index (χ3n) is 5.76. The zero-order valence-electron chi connectivity index (χ0n) is 17.4. The van der Waals surface area contributed by atoms with Gasteiger partial charge in [-0.25, -0.2) is 0 Å². The van der Waals surface area contributed by atoms with Crippen LogP contribution < -0.4 is 10.6 Å². The lowest BCUT2D eigenvalue weighted by Crippen LogP contribution is -2.42. The van der Waals surface area contributed by atoms with Gasteiger partial charge in [0.2, 0.25) is 5.91 Å². The van der Waals surface area contributed by atoms with Crippen molar-refractivity contribution in [1.82, 2.24) is 15.5 Å². The minimum atomic E-state index is -0.678. The molecule has 0 radical (unpaired) electrons. The highest BCUT2D eigenvalue weighted by Crippen LogP contribution is 2.31. The molecule has 0 saturated heterocycles. The number of amides is 4. The fourth-order valence-corrected chi connectivity index (χ4v) is 3.95. The molecule has 30 heavy (non-hydrogen) atoms. The van der Waals surface area contributed by atoms with Gasteiger partial charge in [0.15, 0.2) is 0 Å². The van der Waals surface area contributed by atoms with Crippen LogP contribution in [0.2, 0.25) is 0 Å². The van der Waals surface area contributed by atoms with E-state index >= 15 is 0 Å². The standard InChI is InChI=1S/C22H28ClN3O4/c1-22(2,13-23)21(30)25-11-10-24-18(27)14-8-9-16-17(12-14)20(29)26(19(16)28)15-6-4-3-5-7-15/h8-9,12,15H,3-7,10-11,13H2,1-2H3,(H,24,27)(H,25,30). The summed E-state index contributed by atoms with van der Waals surface area (Å²) in [6.07, 6.45) is 4.85. The predicted octanol–water partition coefficient (Wildman–Crippen LogP) is 2.73. The van der Waals surface area contributed by atoms with Crippen LogP contribution in [0.1, 0.15) is 77.0 Å². The predicted molar refractivity (Wildman–Crippen MR) is 114 cm³/mol. The van der Waals surface area contributed by atoms with Crippen LogP contribution in [-0.4, -0.2) is 53.5 Å². The number of rotatable bonds is 7. The van der Waals surface area contributed by atoms with Crippen LogP contribution in [0.15, 0.2) is 18.2 Å². The van der Waals surface area contributed by atoms with Crippen molar-refractivity contribution in [2.24, 2.45) is 5.41 Å². The van der Waals surface area contributed by atoms with E-state index < -0.39 is 5.41 Å². The molecule has 1 saturated carbocycles. The molecule has 1 aliphatic heterocycles. The monoisotopic (exact) mass is 433 g/mol. The number of imide groups is 1. The summed E-state index contributed by atoms with van der Waals surface area (Å²) in [4.78, 5) is 51.4. The molecule has 0 aromatic heterocycles. The Kier molecular flexibility index (Phi) is 6.81. The van der Waals surface area contributed by atoms with E-state index in [2.05, 4.69) is 10.6 Å². The van der Waals surface area contributed by atoms with Gasteiger partial charge in [0.1, 0.15) is 0 Å². The average molecular weight is 434 g/mol. The van der Waals surface area contributed by atoms with Crippen molar-refractivity contribution in [3.05, 3.63) is 34.9 Å². The summed E-state index contributed by atoms with van der Waals surface area (Å²) in [5.41, 5.74) is 0.281. The SMILES string of the molecule is CC(C)(CCl)C(=O)NCCNC(=O)c1ccc2c(c1)C(=O)N(C1CCCCC1)C2=O. The number of hydrogen-bond donors (Lipinski definition) is 2. The Labute approximate surface area is 181 Å². The Balaban J connectivity index is 1.60. The number of carbonyl (C=O) groups excluding carboxylic acids is 4. The highest BCUT2D eigenvalue weighted by atomic mass is 35.5. The molecular formula is C22H28ClN3O4. The summed E-state index contributed by atoms with van der Waals surface area (Å²) in [6.45, 7) is 3.99. The van der Waals surface area contributed by atoms with Crippen molar-refractivity contribution >= 4 is 35.2 Å². The van der Waals surface area contributed by atoms with Gasteiger partial charge < -0.3 is 10.6 Å². The van der Waals surface area contributed by atoms with Crippen LogP contribution in [0, 0.1) is 5.41 Å². The van der Waals surface area contributed by atoms with Crippen molar-refractivity contribution in [2.45, 2.75) is 52.0 Å². The lowest BCUT2D eigenvalue weighted by molar-refractivity contribution is -0.128. The quantitative estimate of drug-likeness (QED) is 0.392. The molecule has 4 amide bonds. The second-order valence-electron chi connectivity index (χ2n) is 8.56. The highest BCUT2D eigenvalue weighted by molar-refractivity contribution is 6.22. The number of hydrogen-bond acceptors (Lipinski definition) is 4. The van der Waals surface area contributed by atoms with Crippen molar-refractivity contribution in [3.63, 3.8) is 0 Å². The first-order valence-electron chi connectivity index (χ1n) is 10.4. The molecular weight excluding hydrogens is 406 g/mol. The smallest absolute Gasteiger partial charge is 0.261 e. The topological polar surface area (TPSA) is 95.6 Å². The number of carbonyl (C=O) groups is 4. The van der Waals surface area contributed by atoms with E-state index in [9.17, 15) is 19.2 Å². The maximum atomic E-state index is 12.9. The first-order chi connectivity index (χ1) is 14.3. The molecule has 0 spiro atoms. The fourth-order valence-electron chi connectivity index (χ4n) is 3.83. The maximum absolute atomic E-state index is 12.9. The number of halogens is 1. The van der Waals surface area contributed by atoms with E-state index in [1.54, 1.807) is 26.0 Å². The number of nitrogens with one attached hydrogen (secondary N) is 2. The van der Waals surface area contributed by atoms with Crippen LogP contribution >= 0.6 is 11.6 Å². The zero-order chi connectivity index (χ0) is 21.9. The highest BCUT2D eigenvalue weighted by Gasteiger charge is 2.40. The number of benzene rings is 1. The summed E-state index contributed by atoms with van der Waals surface area (Å²) >= 11 is 5.77. The summed E-state index contributed by atoms with van der Waals surface area (Å²) < 4.78 is 0. The molecule has 1 aromatic carbocycles. The molecule has 0 atom stereocenters. The molecule has 0 bridgehead atoms. The zero-order valence-corrected chi connectivity index (χ0v) is 18.2. The number of alkyl halides is 1. The number of nitrogens with zero attached hydrogens (tertiary/aromatic N) is 1. The van der Waals surface area contributed by atoms with Crippen LogP contribution in [0.5, 0.6) is 0 Å². The van der Waals surface area contributed by atoms with Gasteiger partial charge in [-0.15, -0.1) is 11.6 Å². The van der Waals surface area contributed by atoms with Crippen LogP contribution in [-0.2, 0) is 4.79 Å². The van der Waals surface area contributed by atoms with Gasteiger partial charge in [0.25, 0.3) is 17.7 Å². The number of fused-ring (bicyclic) bond motifs is 1. The fraction of sp³-hybridized carbons (Fsp3) is 0.545. The van der Waals surface area contributed by atoms with E-state index in [0.717, 1.165) is 32.1 Å². The molecule has 1 fully saturated rings. The van der Waals surface area contributed by atoms with Crippen LogP contribution in [0.25, 0.3) is 0 Å².